The number of hydrogen-bond donors (Lipinski definition) is 1. The molecule has 1 amide bonds. The molecule has 5 heteroatoms. The van der Waals surface area contributed by atoms with Gasteiger partial charge in [0, 0.05) is 19.3 Å². The Balaban J connectivity index is 1.35. The summed E-state index contributed by atoms with van der Waals surface area (Å²) in [6.07, 6.45) is 6.33. The molecule has 0 radical (unpaired) electrons. The number of rotatable bonds is 7. The van der Waals surface area contributed by atoms with Crippen LogP contribution < -0.4 is 10.1 Å². The van der Waals surface area contributed by atoms with Crippen LogP contribution in [0, 0.1) is 5.92 Å². The molecule has 3 aromatic rings. The number of para-hydroxylation sites is 2. The normalized spacial score (nSPS) is 16.7. The Morgan fingerprint density at radius 1 is 1.07 bits per heavy atom. The Bertz CT molecular complexity index is 947. The van der Waals surface area contributed by atoms with E-state index in [-0.39, 0.29) is 11.8 Å². The number of pyridine rings is 1. The standard InChI is InChI=1S/C25H27N3O2/c29-25(21-10-7-16-28(19-21)17-14-20-8-2-1-3-9-20)27-23-12-4-5-13-24(23)30-22-11-6-15-26-18-22/h1-6,8-9,11-13,15,18,21H,7,10,14,16-17,19H2,(H,27,29). The first-order chi connectivity index (χ1) is 14.8. The van der Waals surface area contributed by atoms with E-state index in [0.29, 0.717) is 17.2 Å². The predicted molar refractivity (Wildman–Crippen MR) is 119 cm³/mol. The van der Waals surface area contributed by atoms with Gasteiger partial charge in [0.25, 0.3) is 0 Å². The zero-order chi connectivity index (χ0) is 20.6. The first-order valence-corrected chi connectivity index (χ1v) is 10.5. The van der Waals surface area contributed by atoms with Crippen LogP contribution in [0.25, 0.3) is 0 Å². The van der Waals surface area contributed by atoms with Crippen LogP contribution in [0.4, 0.5) is 5.69 Å². The van der Waals surface area contributed by atoms with Crippen molar-refractivity contribution in [3.8, 4) is 11.5 Å². The summed E-state index contributed by atoms with van der Waals surface area (Å²) in [7, 11) is 0. The molecule has 2 heterocycles. The highest BCUT2D eigenvalue weighted by Gasteiger charge is 2.26. The van der Waals surface area contributed by atoms with E-state index >= 15 is 0 Å². The molecule has 1 fully saturated rings. The van der Waals surface area contributed by atoms with Crippen LogP contribution in [-0.4, -0.2) is 35.4 Å². The van der Waals surface area contributed by atoms with Crippen LogP contribution in [0.3, 0.4) is 0 Å². The van der Waals surface area contributed by atoms with Crippen LogP contribution >= 0.6 is 0 Å². The second-order valence-corrected chi connectivity index (χ2v) is 7.65. The van der Waals surface area contributed by atoms with Crippen molar-refractivity contribution in [2.75, 3.05) is 25.0 Å². The molecule has 4 rings (SSSR count). The highest BCUT2D eigenvalue weighted by atomic mass is 16.5. The molecule has 1 aliphatic heterocycles. The van der Waals surface area contributed by atoms with Crippen molar-refractivity contribution < 1.29 is 9.53 Å². The maximum absolute atomic E-state index is 13.0. The zero-order valence-corrected chi connectivity index (χ0v) is 17.0. The molecule has 0 spiro atoms. The first kappa shape index (κ1) is 20.1. The van der Waals surface area contributed by atoms with Gasteiger partial charge in [-0.15, -0.1) is 0 Å². The smallest absolute Gasteiger partial charge is 0.228 e. The third-order valence-corrected chi connectivity index (χ3v) is 5.44. The van der Waals surface area contributed by atoms with Crippen molar-refractivity contribution in [1.82, 2.24) is 9.88 Å². The summed E-state index contributed by atoms with van der Waals surface area (Å²) in [6.45, 7) is 2.83. The molecular weight excluding hydrogens is 374 g/mol. The number of likely N-dealkylation sites (tertiary alicyclic amines) is 1. The van der Waals surface area contributed by atoms with Gasteiger partial charge in [-0.2, -0.15) is 0 Å². The maximum atomic E-state index is 13.0. The van der Waals surface area contributed by atoms with Crippen LogP contribution in [0.5, 0.6) is 11.5 Å². The van der Waals surface area contributed by atoms with E-state index < -0.39 is 0 Å². The van der Waals surface area contributed by atoms with E-state index in [1.807, 2.05) is 42.5 Å². The van der Waals surface area contributed by atoms with Gasteiger partial charge in [0.05, 0.1) is 17.8 Å². The van der Waals surface area contributed by atoms with E-state index in [1.165, 1.54) is 5.56 Å². The van der Waals surface area contributed by atoms with Crippen LogP contribution in [0.1, 0.15) is 18.4 Å². The van der Waals surface area contributed by atoms with Crippen LogP contribution in [0.2, 0.25) is 0 Å². The van der Waals surface area contributed by atoms with Crippen molar-refractivity contribution >= 4 is 11.6 Å². The number of amides is 1. The SMILES string of the molecule is O=C(Nc1ccccc1Oc1cccnc1)C1CCCN(CCc2ccccc2)C1. The fourth-order valence-electron chi connectivity index (χ4n) is 3.83. The van der Waals surface area contributed by atoms with E-state index in [2.05, 4.69) is 39.5 Å². The van der Waals surface area contributed by atoms with Gasteiger partial charge >= 0.3 is 0 Å². The quantitative estimate of drug-likeness (QED) is 0.620. The summed E-state index contributed by atoms with van der Waals surface area (Å²) in [4.78, 5) is 19.5. The van der Waals surface area contributed by atoms with Gasteiger partial charge in [-0.3, -0.25) is 9.78 Å². The highest BCUT2D eigenvalue weighted by molar-refractivity contribution is 5.94. The number of anilines is 1. The van der Waals surface area contributed by atoms with Gasteiger partial charge in [-0.05, 0) is 55.6 Å². The molecule has 1 atom stereocenters. The second kappa shape index (κ2) is 10.0. The molecule has 1 saturated heterocycles. The van der Waals surface area contributed by atoms with E-state index in [9.17, 15) is 4.79 Å². The summed E-state index contributed by atoms with van der Waals surface area (Å²) < 4.78 is 5.92. The van der Waals surface area contributed by atoms with Crippen molar-refractivity contribution in [2.24, 2.45) is 5.92 Å². The zero-order valence-electron chi connectivity index (χ0n) is 17.0. The minimum absolute atomic E-state index is 0.0130. The fourth-order valence-corrected chi connectivity index (χ4v) is 3.83. The number of hydrogen-bond acceptors (Lipinski definition) is 4. The third kappa shape index (κ3) is 5.45. The molecule has 0 bridgehead atoms. The summed E-state index contributed by atoms with van der Waals surface area (Å²) in [6, 6.07) is 21.7. The first-order valence-electron chi connectivity index (χ1n) is 10.5. The average molecular weight is 402 g/mol. The lowest BCUT2D eigenvalue weighted by molar-refractivity contribution is -0.121. The number of aromatic nitrogens is 1. The number of nitrogens with zero attached hydrogens (tertiary/aromatic N) is 2. The molecule has 1 aromatic heterocycles. The number of piperidine rings is 1. The lowest BCUT2D eigenvalue weighted by atomic mass is 9.96. The Morgan fingerprint density at radius 2 is 1.90 bits per heavy atom. The van der Waals surface area contributed by atoms with Gasteiger partial charge in [-0.25, -0.2) is 0 Å². The lowest BCUT2D eigenvalue weighted by Crippen LogP contribution is -2.41. The number of ether oxygens (including phenoxy) is 1. The van der Waals surface area contributed by atoms with Crippen LogP contribution in [0.15, 0.2) is 79.1 Å². The third-order valence-electron chi connectivity index (χ3n) is 5.44. The van der Waals surface area contributed by atoms with E-state index in [4.69, 9.17) is 4.74 Å². The number of benzene rings is 2. The molecule has 5 nitrogen and oxygen atoms in total. The molecule has 1 N–H and O–H groups in total. The molecule has 2 aromatic carbocycles. The summed E-state index contributed by atoms with van der Waals surface area (Å²) in [5.74, 6) is 1.31. The van der Waals surface area contributed by atoms with Gasteiger partial charge in [0.2, 0.25) is 5.91 Å². The van der Waals surface area contributed by atoms with E-state index in [0.717, 1.165) is 38.9 Å². The Labute approximate surface area is 177 Å². The van der Waals surface area contributed by atoms with Gasteiger partial charge in [-0.1, -0.05) is 42.5 Å². The van der Waals surface area contributed by atoms with Crippen molar-refractivity contribution in [2.45, 2.75) is 19.3 Å². The second-order valence-electron chi connectivity index (χ2n) is 7.65. The Hall–Kier alpha value is -3.18. The lowest BCUT2D eigenvalue weighted by Gasteiger charge is -2.32. The minimum Gasteiger partial charge on any atom is -0.454 e. The van der Waals surface area contributed by atoms with Gasteiger partial charge < -0.3 is 15.0 Å². The largest absolute Gasteiger partial charge is 0.454 e. The summed E-state index contributed by atoms with van der Waals surface area (Å²) >= 11 is 0. The van der Waals surface area contributed by atoms with Crippen molar-refractivity contribution in [3.63, 3.8) is 0 Å². The molecule has 0 saturated carbocycles. The van der Waals surface area contributed by atoms with Crippen molar-refractivity contribution in [3.05, 3.63) is 84.7 Å². The molecule has 1 aliphatic rings. The van der Waals surface area contributed by atoms with Gasteiger partial charge in [0.1, 0.15) is 5.75 Å². The van der Waals surface area contributed by atoms with Crippen LogP contribution in [-0.2, 0) is 11.2 Å². The molecule has 154 valence electrons. The molecule has 1 unspecified atom stereocenters. The summed E-state index contributed by atoms with van der Waals surface area (Å²) in [5, 5.41) is 3.08. The maximum Gasteiger partial charge on any atom is 0.228 e. The summed E-state index contributed by atoms with van der Waals surface area (Å²) in [5.41, 5.74) is 2.03. The fraction of sp³-hybridized carbons (Fsp3) is 0.280. The number of carbonyl (C=O) groups excluding carboxylic acids is 1. The minimum atomic E-state index is -0.0130. The Kier molecular flexibility index (Phi) is 6.72. The predicted octanol–water partition coefficient (Wildman–Crippen LogP) is 4.77. The average Bonchev–Trinajstić information content (AvgIpc) is 2.80. The monoisotopic (exact) mass is 401 g/mol. The van der Waals surface area contributed by atoms with Crippen molar-refractivity contribution in [1.29, 1.82) is 0 Å². The number of carbonyl (C=O) groups is 1. The van der Waals surface area contributed by atoms with Gasteiger partial charge in [0.15, 0.2) is 5.75 Å². The van der Waals surface area contributed by atoms with E-state index in [1.54, 1.807) is 12.4 Å². The molecule has 30 heavy (non-hydrogen) atoms. The number of nitrogens with one attached hydrogen (secondary N) is 1. The molecular formula is C25H27N3O2. The topological polar surface area (TPSA) is 54.5 Å². The highest BCUT2D eigenvalue weighted by Crippen LogP contribution is 2.30. The molecule has 0 aliphatic carbocycles. The Morgan fingerprint density at radius 3 is 2.73 bits per heavy atom.